The van der Waals surface area contributed by atoms with Crippen molar-refractivity contribution in [2.75, 3.05) is 10.7 Å². The average molecular weight is 308 g/mol. The molecule has 0 saturated carbocycles. The van der Waals surface area contributed by atoms with Crippen molar-refractivity contribution < 1.29 is 19.5 Å². The van der Waals surface area contributed by atoms with Gasteiger partial charge in [0.15, 0.2) is 0 Å². The summed E-state index contributed by atoms with van der Waals surface area (Å²) in [5.74, 6) is -1.60. The second-order valence-corrected chi connectivity index (χ2v) is 6.11. The first-order chi connectivity index (χ1) is 9.90. The first-order valence-corrected chi connectivity index (χ1v) is 7.48. The quantitative estimate of drug-likeness (QED) is 0.779. The highest BCUT2D eigenvalue weighted by atomic mass is 32.2. The number of carbonyl (C=O) groups excluding carboxylic acids is 2. The van der Waals surface area contributed by atoms with Crippen LogP contribution < -0.4 is 10.6 Å². The summed E-state index contributed by atoms with van der Waals surface area (Å²) in [5.41, 5.74) is 6.92. The molecule has 7 heteroatoms. The lowest BCUT2D eigenvalue weighted by atomic mass is 10.2. The van der Waals surface area contributed by atoms with E-state index in [9.17, 15) is 14.4 Å². The Morgan fingerprint density at radius 2 is 2.24 bits per heavy atom. The number of hydrogen-bond donors (Lipinski definition) is 2. The predicted molar refractivity (Wildman–Crippen MR) is 80.1 cm³/mol. The molecular weight excluding hydrogens is 292 g/mol. The van der Waals surface area contributed by atoms with Crippen LogP contribution in [0, 0.1) is 6.92 Å². The number of carbonyl (C=O) groups is 3. The van der Waals surface area contributed by atoms with E-state index in [1.807, 2.05) is 13.0 Å². The van der Waals surface area contributed by atoms with Crippen LogP contribution >= 0.6 is 11.8 Å². The van der Waals surface area contributed by atoms with Crippen LogP contribution in [0.25, 0.3) is 0 Å². The first-order valence-electron chi connectivity index (χ1n) is 6.43. The molecule has 0 aromatic heterocycles. The van der Waals surface area contributed by atoms with E-state index in [2.05, 4.69) is 0 Å². The van der Waals surface area contributed by atoms with E-state index in [4.69, 9.17) is 10.8 Å². The average Bonchev–Trinajstić information content (AvgIpc) is 2.70. The minimum Gasteiger partial charge on any atom is -0.480 e. The third-order valence-electron chi connectivity index (χ3n) is 3.16. The summed E-state index contributed by atoms with van der Waals surface area (Å²) < 4.78 is 0. The van der Waals surface area contributed by atoms with Crippen molar-refractivity contribution in [3.8, 4) is 0 Å². The van der Waals surface area contributed by atoms with Crippen LogP contribution in [0.4, 0.5) is 5.69 Å². The molecule has 1 aromatic carbocycles. The number of imide groups is 1. The molecule has 3 N–H and O–H groups in total. The van der Waals surface area contributed by atoms with E-state index < -0.39 is 17.3 Å². The van der Waals surface area contributed by atoms with Gasteiger partial charge in [-0.1, -0.05) is 12.1 Å². The monoisotopic (exact) mass is 308 g/mol. The summed E-state index contributed by atoms with van der Waals surface area (Å²) in [5, 5.41) is 8.17. The predicted octanol–water partition coefficient (Wildman–Crippen LogP) is 0.772. The molecule has 2 amide bonds. The molecule has 0 spiro atoms. The van der Waals surface area contributed by atoms with Crippen LogP contribution in [0.1, 0.15) is 12.0 Å². The Bertz CT molecular complexity index is 590. The number of aryl methyl sites for hydroxylation is 1. The highest BCUT2D eigenvalue weighted by Gasteiger charge is 2.40. The van der Waals surface area contributed by atoms with Gasteiger partial charge < -0.3 is 10.8 Å². The lowest BCUT2D eigenvalue weighted by Gasteiger charge is -2.15. The fourth-order valence-electron chi connectivity index (χ4n) is 2.06. The second-order valence-electron chi connectivity index (χ2n) is 4.88. The fraction of sp³-hybridized carbons (Fsp3) is 0.357. The number of carboxylic acid groups (broad SMARTS) is 1. The normalized spacial score (nSPS) is 19.9. The van der Waals surface area contributed by atoms with Gasteiger partial charge in [0, 0.05) is 12.2 Å². The third kappa shape index (κ3) is 3.43. The minimum atomic E-state index is -1.12. The number of carboxylic acids is 1. The van der Waals surface area contributed by atoms with Gasteiger partial charge >= 0.3 is 5.97 Å². The van der Waals surface area contributed by atoms with E-state index in [0.29, 0.717) is 5.69 Å². The number of rotatable bonds is 5. The first kappa shape index (κ1) is 15.5. The van der Waals surface area contributed by atoms with Crippen LogP contribution in [0.2, 0.25) is 0 Å². The molecule has 0 radical (unpaired) electrons. The highest BCUT2D eigenvalue weighted by Crippen LogP contribution is 2.30. The number of thioether (sulfide) groups is 1. The van der Waals surface area contributed by atoms with Crippen molar-refractivity contribution in [1.29, 1.82) is 0 Å². The zero-order chi connectivity index (χ0) is 15.6. The Kier molecular flexibility index (Phi) is 4.64. The number of anilines is 1. The molecule has 1 aromatic rings. The molecule has 112 valence electrons. The molecule has 2 rings (SSSR count). The molecule has 0 bridgehead atoms. The number of amides is 2. The summed E-state index contributed by atoms with van der Waals surface area (Å²) >= 11 is 1.12. The molecule has 1 aliphatic rings. The molecule has 6 nitrogen and oxygen atoms in total. The van der Waals surface area contributed by atoms with Crippen LogP contribution in [-0.4, -0.2) is 39.9 Å². The lowest BCUT2D eigenvalue weighted by molar-refractivity contribution is -0.138. The van der Waals surface area contributed by atoms with E-state index in [1.54, 1.807) is 18.2 Å². The maximum Gasteiger partial charge on any atom is 0.321 e. The Morgan fingerprint density at radius 1 is 1.52 bits per heavy atom. The number of benzene rings is 1. The topological polar surface area (TPSA) is 101 Å². The van der Waals surface area contributed by atoms with Gasteiger partial charge in [-0.2, -0.15) is 0 Å². The van der Waals surface area contributed by atoms with Gasteiger partial charge in [0.05, 0.1) is 10.9 Å². The van der Waals surface area contributed by atoms with Crippen molar-refractivity contribution >= 4 is 35.2 Å². The zero-order valence-electron chi connectivity index (χ0n) is 11.5. The summed E-state index contributed by atoms with van der Waals surface area (Å²) in [6, 6.07) is 6.11. The summed E-state index contributed by atoms with van der Waals surface area (Å²) in [4.78, 5) is 36.2. The van der Waals surface area contributed by atoms with Crippen LogP contribution in [0.5, 0.6) is 0 Å². The molecule has 2 atom stereocenters. The van der Waals surface area contributed by atoms with Crippen molar-refractivity contribution in [1.82, 2.24) is 0 Å². The molecule has 1 heterocycles. The number of nitrogens with zero attached hydrogens (tertiary/aromatic N) is 1. The van der Waals surface area contributed by atoms with Gasteiger partial charge in [0.25, 0.3) is 0 Å². The summed E-state index contributed by atoms with van der Waals surface area (Å²) in [6.45, 7) is 1.88. The zero-order valence-corrected chi connectivity index (χ0v) is 12.3. The highest BCUT2D eigenvalue weighted by molar-refractivity contribution is 8.00. The van der Waals surface area contributed by atoms with E-state index in [1.165, 1.54) is 0 Å². The third-order valence-corrected chi connectivity index (χ3v) is 4.48. The molecule has 1 aliphatic heterocycles. The van der Waals surface area contributed by atoms with Gasteiger partial charge in [0.1, 0.15) is 6.04 Å². The van der Waals surface area contributed by atoms with Crippen LogP contribution in [0.3, 0.4) is 0 Å². The molecule has 21 heavy (non-hydrogen) atoms. The van der Waals surface area contributed by atoms with E-state index in [-0.39, 0.29) is 24.0 Å². The van der Waals surface area contributed by atoms with Crippen molar-refractivity contribution in [2.45, 2.75) is 24.6 Å². The molecule has 0 unspecified atom stereocenters. The minimum absolute atomic E-state index is 0.0732. The Balaban J connectivity index is 2.08. The Morgan fingerprint density at radius 3 is 2.86 bits per heavy atom. The largest absolute Gasteiger partial charge is 0.480 e. The van der Waals surface area contributed by atoms with E-state index in [0.717, 1.165) is 22.2 Å². The van der Waals surface area contributed by atoms with Crippen LogP contribution in [0.15, 0.2) is 24.3 Å². The molecular formula is C14H16N2O4S. The van der Waals surface area contributed by atoms with Crippen LogP contribution in [-0.2, 0) is 14.4 Å². The molecule has 1 fully saturated rings. The lowest BCUT2D eigenvalue weighted by Crippen LogP contribution is -2.35. The van der Waals surface area contributed by atoms with E-state index >= 15 is 0 Å². The molecule has 1 saturated heterocycles. The Hall–Kier alpha value is -1.86. The van der Waals surface area contributed by atoms with Gasteiger partial charge in [-0.15, -0.1) is 11.8 Å². The number of nitrogens with two attached hydrogens (primary N) is 1. The van der Waals surface area contributed by atoms with Gasteiger partial charge in [0.2, 0.25) is 11.8 Å². The van der Waals surface area contributed by atoms with Crippen molar-refractivity contribution in [2.24, 2.45) is 5.73 Å². The summed E-state index contributed by atoms with van der Waals surface area (Å²) in [7, 11) is 0. The standard InChI is InChI=1S/C14H16N2O4S/c1-8-3-2-4-9(5-8)16-12(17)6-11(13(16)18)21-7-10(15)14(19)20/h2-5,10-11H,6-7,15H2,1H3,(H,19,20)/t10-,11-/m1/s1. The second kappa shape index (κ2) is 6.28. The van der Waals surface area contributed by atoms with Gasteiger partial charge in [-0.25, -0.2) is 4.90 Å². The smallest absolute Gasteiger partial charge is 0.321 e. The van der Waals surface area contributed by atoms with Gasteiger partial charge in [-0.3, -0.25) is 14.4 Å². The van der Waals surface area contributed by atoms with Gasteiger partial charge in [-0.05, 0) is 24.6 Å². The Labute approximate surface area is 126 Å². The number of hydrogen-bond acceptors (Lipinski definition) is 5. The SMILES string of the molecule is Cc1cccc(N2C(=O)C[C@@H](SC[C@@H](N)C(=O)O)C2=O)c1. The summed E-state index contributed by atoms with van der Waals surface area (Å²) in [6.07, 6.45) is 0.0732. The maximum atomic E-state index is 12.3. The molecule has 0 aliphatic carbocycles. The number of aliphatic carboxylic acids is 1. The van der Waals surface area contributed by atoms with Crippen molar-refractivity contribution in [3.05, 3.63) is 29.8 Å². The maximum absolute atomic E-state index is 12.3. The fourth-order valence-corrected chi connectivity index (χ4v) is 3.15. The van der Waals surface area contributed by atoms with Crippen molar-refractivity contribution in [3.63, 3.8) is 0 Å².